The van der Waals surface area contributed by atoms with E-state index in [1.807, 2.05) is 4.90 Å². The number of carbonyl (C=O) groups excluding carboxylic acids is 1. The Bertz CT molecular complexity index is 1180. The third-order valence-corrected chi connectivity index (χ3v) is 5.53. The zero-order valence-electron chi connectivity index (χ0n) is 16.5. The molecule has 2 aromatic carbocycles. The van der Waals surface area contributed by atoms with Crippen molar-refractivity contribution >= 4 is 23.2 Å². The van der Waals surface area contributed by atoms with E-state index in [1.165, 1.54) is 29.1 Å². The number of carbonyl (C=O) groups is 1. The first kappa shape index (κ1) is 21.0. The molecule has 1 saturated heterocycles. The predicted molar refractivity (Wildman–Crippen MR) is 114 cm³/mol. The minimum absolute atomic E-state index is 0.0571. The molecule has 0 spiro atoms. The van der Waals surface area contributed by atoms with Gasteiger partial charge in [-0.15, -0.1) is 0 Å². The molecule has 2 heterocycles. The van der Waals surface area contributed by atoms with Gasteiger partial charge in [0.1, 0.15) is 18.2 Å². The highest BCUT2D eigenvalue weighted by molar-refractivity contribution is 6.31. The monoisotopic (exact) mass is 444 g/mol. The van der Waals surface area contributed by atoms with Crippen molar-refractivity contribution in [3.8, 4) is 11.3 Å². The van der Waals surface area contributed by atoms with Crippen LogP contribution >= 0.6 is 11.6 Å². The molecule has 160 valence electrons. The first-order valence-electron chi connectivity index (χ1n) is 9.71. The van der Waals surface area contributed by atoms with Gasteiger partial charge in [-0.05, 0) is 30.3 Å². The van der Waals surface area contributed by atoms with Crippen LogP contribution in [-0.4, -0.2) is 46.5 Å². The fourth-order valence-electron chi connectivity index (χ4n) is 3.50. The lowest BCUT2D eigenvalue weighted by atomic mass is 10.1. The number of amides is 1. The van der Waals surface area contributed by atoms with Crippen LogP contribution in [0.3, 0.4) is 0 Å². The normalized spacial score (nSPS) is 14.0. The van der Waals surface area contributed by atoms with Crippen LogP contribution in [0.15, 0.2) is 59.7 Å². The van der Waals surface area contributed by atoms with Crippen LogP contribution in [0.1, 0.15) is 0 Å². The molecular weight excluding hydrogens is 426 g/mol. The lowest BCUT2D eigenvalue weighted by molar-refractivity contribution is -0.132. The average molecular weight is 445 g/mol. The van der Waals surface area contributed by atoms with Crippen LogP contribution in [0.2, 0.25) is 5.02 Å². The lowest BCUT2D eigenvalue weighted by Gasteiger charge is -2.36. The van der Waals surface area contributed by atoms with Crippen molar-refractivity contribution in [2.75, 3.05) is 31.1 Å². The Hall–Kier alpha value is -3.26. The Balaban J connectivity index is 1.39. The largest absolute Gasteiger partial charge is 0.368 e. The molecule has 6 nitrogen and oxygen atoms in total. The Morgan fingerprint density at radius 1 is 1.00 bits per heavy atom. The second-order valence-electron chi connectivity index (χ2n) is 7.19. The first-order chi connectivity index (χ1) is 14.9. The van der Waals surface area contributed by atoms with E-state index in [0.717, 1.165) is 5.69 Å². The van der Waals surface area contributed by atoms with E-state index in [1.54, 1.807) is 35.2 Å². The molecule has 0 atom stereocenters. The second kappa shape index (κ2) is 8.85. The minimum Gasteiger partial charge on any atom is -0.368 e. The van der Waals surface area contributed by atoms with Crippen molar-refractivity contribution in [3.05, 3.63) is 81.9 Å². The molecule has 31 heavy (non-hydrogen) atoms. The summed E-state index contributed by atoms with van der Waals surface area (Å²) in [6, 6.07) is 11.8. The topological polar surface area (TPSA) is 58.4 Å². The summed E-state index contributed by atoms with van der Waals surface area (Å²) in [5.41, 5.74) is 0.817. The van der Waals surface area contributed by atoms with Gasteiger partial charge >= 0.3 is 0 Å². The predicted octanol–water partition coefficient (Wildman–Crippen LogP) is 3.19. The highest BCUT2D eigenvalue weighted by Crippen LogP contribution is 2.23. The van der Waals surface area contributed by atoms with Gasteiger partial charge in [-0.25, -0.2) is 13.8 Å². The SMILES string of the molecule is O=C(Cn1cnc(-c2ccccc2F)cc1=O)N1CCN(c2ccc(F)c(Cl)c2)CC1. The molecule has 1 fully saturated rings. The van der Waals surface area contributed by atoms with E-state index in [-0.39, 0.29) is 28.7 Å². The summed E-state index contributed by atoms with van der Waals surface area (Å²) in [6.07, 6.45) is 1.26. The van der Waals surface area contributed by atoms with Crippen LogP contribution in [0.5, 0.6) is 0 Å². The lowest BCUT2D eigenvalue weighted by Crippen LogP contribution is -2.50. The molecule has 9 heteroatoms. The quantitative estimate of drug-likeness (QED) is 0.620. The van der Waals surface area contributed by atoms with E-state index in [4.69, 9.17) is 11.6 Å². The van der Waals surface area contributed by atoms with Crippen molar-refractivity contribution in [2.45, 2.75) is 6.54 Å². The van der Waals surface area contributed by atoms with Crippen LogP contribution in [0.4, 0.5) is 14.5 Å². The summed E-state index contributed by atoms with van der Waals surface area (Å²) in [6.45, 7) is 1.90. The maximum Gasteiger partial charge on any atom is 0.254 e. The highest BCUT2D eigenvalue weighted by atomic mass is 35.5. The van der Waals surface area contributed by atoms with E-state index >= 15 is 0 Å². The molecule has 0 radical (unpaired) electrons. The molecule has 4 rings (SSSR count). The van der Waals surface area contributed by atoms with Crippen LogP contribution in [0.25, 0.3) is 11.3 Å². The van der Waals surface area contributed by atoms with E-state index in [0.29, 0.717) is 26.2 Å². The molecule has 1 aliphatic rings. The Kier molecular flexibility index (Phi) is 5.99. The molecular formula is C22H19ClF2N4O2. The van der Waals surface area contributed by atoms with Gasteiger partial charge in [-0.2, -0.15) is 0 Å². The van der Waals surface area contributed by atoms with Gasteiger partial charge in [0.25, 0.3) is 5.56 Å². The Morgan fingerprint density at radius 2 is 1.74 bits per heavy atom. The van der Waals surface area contributed by atoms with Crippen molar-refractivity contribution in [2.24, 2.45) is 0 Å². The van der Waals surface area contributed by atoms with Crippen LogP contribution in [0, 0.1) is 11.6 Å². The summed E-state index contributed by atoms with van der Waals surface area (Å²) in [5.74, 6) is -1.15. The standard InChI is InChI=1S/C22H19ClF2N4O2/c23-17-11-15(5-6-19(17)25)27-7-9-28(10-8-27)22(31)13-29-14-26-20(12-21(29)30)16-3-1-2-4-18(16)24/h1-6,11-12,14H,7-10,13H2. The number of hydrogen-bond donors (Lipinski definition) is 0. The number of aromatic nitrogens is 2. The molecule has 0 saturated carbocycles. The summed E-state index contributed by atoms with van der Waals surface area (Å²) >= 11 is 5.85. The molecule has 0 unspecified atom stereocenters. The number of halogens is 3. The maximum atomic E-state index is 13.9. The molecule has 0 N–H and O–H groups in total. The van der Waals surface area contributed by atoms with Gasteiger partial charge in [0.05, 0.1) is 17.0 Å². The van der Waals surface area contributed by atoms with Crippen molar-refractivity contribution in [1.82, 2.24) is 14.5 Å². The Morgan fingerprint density at radius 3 is 2.42 bits per heavy atom. The number of piperazine rings is 1. The number of hydrogen-bond acceptors (Lipinski definition) is 4. The number of benzene rings is 2. The van der Waals surface area contributed by atoms with Gasteiger partial charge in [0.15, 0.2) is 0 Å². The smallest absolute Gasteiger partial charge is 0.254 e. The van der Waals surface area contributed by atoms with Crippen molar-refractivity contribution < 1.29 is 13.6 Å². The number of nitrogens with zero attached hydrogens (tertiary/aromatic N) is 4. The van der Waals surface area contributed by atoms with Crippen molar-refractivity contribution in [1.29, 1.82) is 0 Å². The van der Waals surface area contributed by atoms with Crippen LogP contribution < -0.4 is 10.5 Å². The fraction of sp³-hybridized carbons (Fsp3) is 0.227. The minimum atomic E-state index is -0.473. The van der Waals surface area contributed by atoms with Gasteiger partial charge in [-0.1, -0.05) is 23.7 Å². The van der Waals surface area contributed by atoms with Crippen molar-refractivity contribution in [3.63, 3.8) is 0 Å². The summed E-state index contributed by atoms with van der Waals surface area (Å²) in [7, 11) is 0. The third kappa shape index (κ3) is 4.59. The first-order valence-corrected chi connectivity index (χ1v) is 10.1. The molecule has 1 amide bonds. The van der Waals surface area contributed by atoms with E-state index in [2.05, 4.69) is 4.98 Å². The summed E-state index contributed by atoms with van der Waals surface area (Å²) in [5, 5.41) is 0.0571. The van der Waals surface area contributed by atoms with Gasteiger partial charge in [0, 0.05) is 43.5 Å². The summed E-state index contributed by atoms with van der Waals surface area (Å²) < 4.78 is 28.5. The Labute approximate surface area is 182 Å². The fourth-order valence-corrected chi connectivity index (χ4v) is 3.68. The zero-order chi connectivity index (χ0) is 22.0. The molecule has 1 aromatic heterocycles. The molecule has 0 bridgehead atoms. The molecule has 3 aromatic rings. The second-order valence-corrected chi connectivity index (χ2v) is 7.59. The third-order valence-electron chi connectivity index (χ3n) is 5.24. The maximum absolute atomic E-state index is 13.9. The van der Waals surface area contributed by atoms with E-state index in [9.17, 15) is 18.4 Å². The van der Waals surface area contributed by atoms with Gasteiger partial charge in [-0.3, -0.25) is 14.2 Å². The van der Waals surface area contributed by atoms with Gasteiger partial charge < -0.3 is 9.80 Å². The highest BCUT2D eigenvalue weighted by Gasteiger charge is 2.22. The zero-order valence-corrected chi connectivity index (χ0v) is 17.2. The average Bonchev–Trinajstić information content (AvgIpc) is 2.77. The summed E-state index contributed by atoms with van der Waals surface area (Å²) in [4.78, 5) is 32.9. The van der Waals surface area contributed by atoms with E-state index < -0.39 is 17.2 Å². The number of rotatable bonds is 4. The number of anilines is 1. The van der Waals surface area contributed by atoms with Crippen LogP contribution in [-0.2, 0) is 11.3 Å². The van der Waals surface area contributed by atoms with Gasteiger partial charge in [0.2, 0.25) is 5.91 Å². The molecule has 1 aliphatic heterocycles. The molecule has 0 aliphatic carbocycles.